The SMILES string of the molecule is CC(O)c1ccc(SCC2CCCC2)cc1. The summed E-state index contributed by atoms with van der Waals surface area (Å²) < 4.78 is 0. The van der Waals surface area contributed by atoms with Gasteiger partial charge in [-0.25, -0.2) is 0 Å². The lowest BCUT2D eigenvalue weighted by molar-refractivity contribution is 0.199. The van der Waals surface area contributed by atoms with Crippen molar-refractivity contribution in [1.29, 1.82) is 0 Å². The highest BCUT2D eigenvalue weighted by molar-refractivity contribution is 7.99. The van der Waals surface area contributed by atoms with Crippen molar-refractivity contribution in [2.75, 3.05) is 5.75 Å². The Morgan fingerprint density at radius 2 is 1.88 bits per heavy atom. The van der Waals surface area contributed by atoms with Gasteiger partial charge in [-0.05, 0) is 43.4 Å². The van der Waals surface area contributed by atoms with E-state index >= 15 is 0 Å². The molecule has 1 N–H and O–H groups in total. The molecule has 1 nitrogen and oxygen atoms in total. The Labute approximate surface area is 102 Å². The summed E-state index contributed by atoms with van der Waals surface area (Å²) in [6.07, 6.45) is 5.32. The lowest BCUT2D eigenvalue weighted by atomic mass is 10.1. The predicted octanol–water partition coefficient (Wildman–Crippen LogP) is 4.02. The maximum atomic E-state index is 9.41. The monoisotopic (exact) mass is 236 g/mol. The largest absolute Gasteiger partial charge is 0.389 e. The first-order valence-electron chi connectivity index (χ1n) is 6.16. The fourth-order valence-electron chi connectivity index (χ4n) is 2.23. The third-order valence-corrected chi connectivity index (χ3v) is 4.57. The second-order valence-electron chi connectivity index (χ2n) is 4.71. The first-order valence-corrected chi connectivity index (χ1v) is 7.15. The Balaban J connectivity index is 1.84. The summed E-state index contributed by atoms with van der Waals surface area (Å²) in [5, 5.41) is 9.41. The molecule has 1 fully saturated rings. The highest BCUT2D eigenvalue weighted by atomic mass is 32.2. The number of rotatable bonds is 4. The Morgan fingerprint density at radius 3 is 2.44 bits per heavy atom. The molecule has 0 aromatic heterocycles. The highest BCUT2D eigenvalue weighted by Gasteiger charge is 2.14. The molecule has 1 saturated carbocycles. The van der Waals surface area contributed by atoms with Crippen LogP contribution in [0.4, 0.5) is 0 Å². The van der Waals surface area contributed by atoms with E-state index < -0.39 is 0 Å². The first kappa shape index (κ1) is 12.0. The van der Waals surface area contributed by atoms with E-state index in [1.165, 1.54) is 36.3 Å². The van der Waals surface area contributed by atoms with Gasteiger partial charge in [0.1, 0.15) is 0 Å². The van der Waals surface area contributed by atoms with E-state index in [4.69, 9.17) is 0 Å². The Hall–Kier alpha value is -0.470. The standard InChI is InChI=1S/C14H20OS/c1-11(15)13-6-8-14(9-7-13)16-10-12-4-2-3-5-12/h6-9,11-12,15H,2-5,10H2,1H3. The van der Waals surface area contributed by atoms with Crippen LogP contribution >= 0.6 is 11.8 Å². The molecule has 1 aliphatic rings. The van der Waals surface area contributed by atoms with E-state index in [9.17, 15) is 5.11 Å². The summed E-state index contributed by atoms with van der Waals surface area (Å²) in [5.41, 5.74) is 1.00. The molecule has 0 spiro atoms. The van der Waals surface area contributed by atoms with Crippen LogP contribution in [0.1, 0.15) is 44.3 Å². The first-order chi connectivity index (χ1) is 7.75. The lowest BCUT2D eigenvalue weighted by Crippen LogP contribution is -1.96. The number of aliphatic hydroxyl groups excluding tert-OH is 1. The third kappa shape index (κ3) is 3.26. The van der Waals surface area contributed by atoms with E-state index in [0.717, 1.165) is 11.5 Å². The van der Waals surface area contributed by atoms with Crippen LogP contribution in [0.15, 0.2) is 29.2 Å². The van der Waals surface area contributed by atoms with E-state index in [2.05, 4.69) is 12.1 Å². The summed E-state index contributed by atoms with van der Waals surface area (Å²) in [7, 11) is 0. The van der Waals surface area contributed by atoms with Crippen LogP contribution in [0.2, 0.25) is 0 Å². The number of hydrogen-bond donors (Lipinski definition) is 1. The molecule has 0 aliphatic heterocycles. The van der Waals surface area contributed by atoms with Gasteiger partial charge in [0, 0.05) is 10.6 Å². The van der Waals surface area contributed by atoms with Gasteiger partial charge in [0.25, 0.3) is 0 Å². The minimum Gasteiger partial charge on any atom is -0.389 e. The quantitative estimate of drug-likeness (QED) is 0.797. The summed E-state index contributed by atoms with van der Waals surface area (Å²) >= 11 is 1.96. The van der Waals surface area contributed by atoms with E-state index in [1.54, 1.807) is 6.92 Å². The van der Waals surface area contributed by atoms with Gasteiger partial charge in [0.05, 0.1) is 6.10 Å². The van der Waals surface area contributed by atoms with Crippen LogP contribution in [0, 0.1) is 5.92 Å². The van der Waals surface area contributed by atoms with Gasteiger partial charge in [-0.1, -0.05) is 25.0 Å². The normalized spacial score (nSPS) is 18.9. The van der Waals surface area contributed by atoms with Crippen molar-refractivity contribution in [2.45, 2.75) is 43.6 Å². The predicted molar refractivity (Wildman–Crippen MR) is 69.8 cm³/mol. The molecule has 1 atom stereocenters. The number of benzene rings is 1. The third-order valence-electron chi connectivity index (χ3n) is 3.32. The van der Waals surface area contributed by atoms with Crippen LogP contribution in [0.5, 0.6) is 0 Å². The van der Waals surface area contributed by atoms with Crippen LogP contribution in [0.3, 0.4) is 0 Å². The molecule has 0 amide bonds. The molecule has 1 aromatic carbocycles. The van der Waals surface area contributed by atoms with Crippen molar-refractivity contribution >= 4 is 11.8 Å². The maximum absolute atomic E-state index is 9.41. The molecule has 2 rings (SSSR count). The fourth-order valence-corrected chi connectivity index (χ4v) is 3.32. The minimum atomic E-state index is -0.353. The van der Waals surface area contributed by atoms with Gasteiger partial charge < -0.3 is 5.11 Å². The molecule has 1 unspecified atom stereocenters. The average molecular weight is 236 g/mol. The Bertz CT molecular complexity index is 312. The van der Waals surface area contributed by atoms with Crippen molar-refractivity contribution in [3.05, 3.63) is 29.8 Å². The molecular formula is C14H20OS. The van der Waals surface area contributed by atoms with Gasteiger partial charge in [0.2, 0.25) is 0 Å². The molecule has 1 aliphatic carbocycles. The van der Waals surface area contributed by atoms with Crippen LogP contribution < -0.4 is 0 Å². The topological polar surface area (TPSA) is 20.2 Å². The number of aliphatic hydroxyl groups is 1. The Kier molecular flexibility index (Phi) is 4.30. The molecule has 0 radical (unpaired) electrons. The second-order valence-corrected chi connectivity index (χ2v) is 5.80. The molecule has 1 aromatic rings. The van der Waals surface area contributed by atoms with Crippen LogP contribution in [-0.4, -0.2) is 10.9 Å². The van der Waals surface area contributed by atoms with E-state index in [-0.39, 0.29) is 6.10 Å². The van der Waals surface area contributed by atoms with Crippen molar-refractivity contribution < 1.29 is 5.11 Å². The summed E-state index contributed by atoms with van der Waals surface area (Å²) in [4.78, 5) is 1.33. The van der Waals surface area contributed by atoms with Gasteiger partial charge in [-0.2, -0.15) is 0 Å². The van der Waals surface area contributed by atoms with Crippen molar-refractivity contribution in [1.82, 2.24) is 0 Å². The van der Waals surface area contributed by atoms with E-state index in [1.807, 2.05) is 23.9 Å². The van der Waals surface area contributed by atoms with Gasteiger partial charge in [0.15, 0.2) is 0 Å². The molecule has 2 heteroatoms. The van der Waals surface area contributed by atoms with Crippen LogP contribution in [0.25, 0.3) is 0 Å². The molecule has 16 heavy (non-hydrogen) atoms. The van der Waals surface area contributed by atoms with Gasteiger partial charge in [-0.3, -0.25) is 0 Å². The summed E-state index contributed by atoms with van der Waals surface area (Å²) in [6, 6.07) is 8.31. The molecular weight excluding hydrogens is 216 g/mol. The summed E-state index contributed by atoms with van der Waals surface area (Å²) in [5.74, 6) is 2.19. The van der Waals surface area contributed by atoms with Crippen molar-refractivity contribution in [3.8, 4) is 0 Å². The summed E-state index contributed by atoms with van der Waals surface area (Å²) in [6.45, 7) is 1.81. The van der Waals surface area contributed by atoms with Crippen LogP contribution in [-0.2, 0) is 0 Å². The van der Waals surface area contributed by atoms with Crippen molar-refractivity contribution in [2.24, 2.45) is 5.92 Å². The second kappa shape index (κ2) is 5.74. The Morgan fingerprint density at radius 1 is 1.25 bits per heavy atom. The zero-order valence-electron chi connectivity index (χ0n) is 9.86. The molecule has 88 valence electrons. The molecule has 0 saturated heterocycles. The highest BCUT2D eigenvalue weighted by Crippen LogP contribution is 2.31. The molecule has 0 heterocycles. The molecule has 0 bridgehead atoms. The average Bonchev–Trinajstić information content (AvgIpc) is 2.80. The number of thioether (sulfide) groups is 1. The zero-order valence-corrected chi connectivity index (χ0v) is 10.7. The van der Waals surface area contributed by atoms with Gasteiger partial charge in [-0.15, -0.1) is 11.8 Å². The number of hydrogen-bond acceptors (Lipinski definition) is 2. The minimum absolute atomic E-state index is 0.353. The smallest absolute Gasteiger partial charge is 0.0761 e. The maximum Gasteiger partial charge on any atom is 0.0761 e. The van der Waals surface area contributed by atoms with E-state index in [0.29, 0.717) is 0 Å². The van der Waals surface area contributed by atoms with Gasteiger partial charge >= 0.3 is 0 Å². The lowest BCUT2D eigenvalue weighted by Gasteiger charge is -2.09. The fraction of sp³-hybridized carbons (Fsp3) is 0.571. The van der Waals surface area contributed by atoms with Crippen molar-refractivity contribution in [3.63, 3.8) is 0 Å². The zero-order chi connectivity index (χ0) is 11.4.